The maximum atomic E-state index is 12.8. The van der Waals surface area contributed by atoms with Gasteiger partial charge in [0.15, 0.2) is 0 Å². The van der Waals surface area contributed by atoms with E-state index in [9.17, 15) is 29.1 Å². The van der Waals surface area contributed by atoms with Crippen molar-refractivity contribution < 1.29 is 33.9 Å². The van der Waals surface area contributed by atoms with E-state index < -0.39 is 41.9 Å². The molecule has 210 valence electrons. The summed E-state index contributed by atoms with van der Waals surface area (Å²) in [5.74, 6) is -2.41. The van der Waals surface area contributed by atoms with Crippen LogP contribution in [0.2, 0.25) is 0 Å². The van der Waals surface area contributed by atoms with Crippen LogP contribution in [0.5, 0.6) is 0 Å². The van der Waals surface area contributed by atoms with Gasteiger partial charge in [-0.3, -0.25) is 19.2 Å². The predicted molar refractivity (Wildman–Crippen MR) is 139 cm³/mol. The van der Waals surface area contributed by atoms with Gasteiger partial charge in [0.1, 0.15) is 12.1 Å². The first-order chi connectivity index (χ1) is 18.1. The van der Waals surface area contributed by atoms with Crippen LogP contribution < -0.4 is 16.4 Å². The molecule has 1 saturated heterocycles. The molecule has 4 amide bonds. The third kappa shape index (κ3) is 10.6. The molecule has 11 heteroatoms. The van der Waals surface area contributed by atoms with Gasteiger partial charge in [0.2, 0.25) is 5.91 Å². The lowest BCUT2D eigenvalue weighted by Crippen LogP contribution is -2.54. The van der Waals surface area contributed by atoms with Crippen LogP contribution in [0.1, 0.15) is 70.8 Å². The number of hydroxylamine groups is 2. The molecule has 1 fully saturated rings. The summed E-state index contributed by atoms with van der Waals surface area (Å²) in [6, 6.07) is 7.67. The lowest BCUT2D eigenvalue weighted by atomic mass is 10.00. The highest BCUT2D eigenvalue weighted by Crippen LogP contribution is 2.14. The Morgan fingerprint density at radius 1 is 1.00 bits per heavy atom. The Balaban J connectivity index is 1.74. The van der Waals surface area contributed by atoms with Crippen molar-refractivity contribution in [2.75, 3.05) is 6.54 Å². The molecule has 0 saturated carbocycles. The van der Waals surface area contributed by atoms with Gasteiger partial charge in [-0.2, -0.15) is 0 Å². The number of carbonyl (C=O) groups is 5. The smallest absolute Gasteiger partial charge is 0.333 e. The Hall–Kier alpha value is -3.31. The van der Waals surface area contributed by atoms with Gasteiger partial charge in [0, 0.05) is 31.8 Å². The van der Waals surface area contributed by atoms with Crippen LogP contribution in [0.3, 0.4) is 0 Å². The Morgan fingerprint density at radius 3 is 2.29 bits per heavy atom. The van der Waals surface area contributed by atoms with Crippen LogP contribution in [0.25, 0.3) is 0 Å². The lowest BCUT2D eigenvalue weighted by molar-refractivity contribution is -0.197. The van der Waals surface area contributed by atoms with Crippen molar-refractivity contribution in [2.45, 2.75) is 89.8 Å². The third-order valence-corrected chi connectivity index (χ3v) is 6.21. The number of nitrogens with one attached hydrogen (secondary N) is 2. The predicted octanol–water partition coefficient (Wildman–Crippen LogP) is 1.12. The fourth-order valence-electron chi connectivity index (χ4n) is 3.93. The number of carbonyl (C=O) groups excluding carboxylic acids is 5. The Kier molecular flexibility index (Phi) is 12.9. The molecule has 1 aromatic carbocycles. The van der Waals surface area contributed by atoms with Crippen LogP contribution in [-0.4, -0.2) is 64.5 Å². The number of benzene rings is 1. The standard InChI is InChI=1S/C27H40N4O7/c1-18(2)12-13-21(30-27(37)25(35)20(28)17-19-9-5-3-6-10-19)26(36)29-16-8-4-7-11-24(34)38-31-22(32)14-15-23(31)33/h3,5-6,9-10,18,20-21,25,35H,4,7-8,11-17,28H2,1-2H3,(H,29,36)(H,30,37)/t20?,21-,25?/m0/s1. The molecule has 0 bridgehead atoms. The van der Waals surface area contributed by atoms with E-state index in [4.69, 9.17) is 10.6 Å². The van der Waals surface area contributed by atoms with E-state index in [-0.39, 0.29) is 25.2 Å². The highest BCUT2D eigenvalue weighted by Gasteiger charge is 2.32. The molecule has 1 heterocycles. The fourth-order valence-corrected chi connectivity index (χ4v) is 3.93. The number of nitrogens with zero attached hydrogens (tertiary/aromatic N) is 1. The maximum absolute atomic E-state index is 12.8. The van der Waals surface area contributed by atoms with Gasteiger partial charge in [-0.25, -0.2) is 4.79 Å². The molecule has 1 aromatic rings. The normalized spacial score (nSPS) is 15.8. The van der Waals surface area contributed by atoms with Crippen molar-refractivity contribution in [1.29, 1.82) is 0 Å². The monoisotopic (exact) mass is 532 g/mol. The zero-order chi connectivity index (χ0) is 28.1. The van der Waals surface area contributed by atoms with Gasteiger partial charge in [-0.15, -0.1) is 5.06 Å². The van der Waals surface area contributed by atoms with Crippen LogP contribution in [0, 0.1) is 5.92 Å². The first kappa shape index (κ1) is 30.9. The second-order valence-corrected chi connectivity index (χ2v) is 9.98. The fraction of sp³-hybridized carbons (Fsp3) is 0.593. The second-order valence-electron chi connectivity index (χ2n) is 9.98. The van der Waals surface area contributed by atoms with E-state index in [1.165, 1.54) is 0 Å². The molecule has 0 aromatic heterocycles. The number of aliphatic hydroxyl groups is 1. The maximum Gasteiger partial charge on any atom is 0.333 e. The molecule has 2 unspecified atom stereocenters. The number of unbranched alkanes of at least 4 members (excludes halogenated alkanes) is 2. The first-order valence-electron chi connectivity index (χ1n) is 13.2. The molecule has 11 nitrogen and oxygen atoms in total. The summed E-state index contributed by atoms with van der Waals surface area (Å²) in [4.78, 5) is 65.1. The highest BCUT2D eigenvalue weighted by atomic mass is 16.7. The van der Waals surface area contributed by atoms with E-state index in [0.717, 1.165) is 5.56 Å². The summed E-state index contributed by atoms with van der Waals surface area (Å²) in [5.41, 5.74) is 6.95. The average Bonchev–Trinajstić information content (AvgIpc) is 3.20. The minimum Gasteiger partial charge on any atom is -0.382 e. The second kappa shape index (κ2) is 15.8. The number of hydrogen-bond donors (Lipinski definition) is 4. The molecule has 0 aliphatic carbocycles. The average molecular weight is 533 g/mol. The van der Waals surface area contributed by atoms with E-state index >= 15 is 0 Å². The molecule has 0 spiro atoms. The lowest BCUT2D eigenvalue weighted by Gasteiger charge is -2.23. The van der Waals surface area contributed by atoms with Crippen molar-refractivity contribution in [1.82, 2.24) is 15.7 Å². The van der Waals surface area contributed by atoms with Gasteiger partial charge in [-0.1, -0.05) is 50.6 Å². The quantitative estimate of drug-likeness (QED) is 0.181. The van der Waals surface area contributed by atoms with Gasteiger partial charge in [-0.05, 0) is 43.6 Å². The summed E-state index contributed by atoms with van der Waals surface area (Å²) in [6.45, 7) is 4.37. The zero-order valence-electron chi connectivity index (χ0n) is 22.2. The molecule has 0 radical (unpaired) electrons. The van der Waals surface area contributed by atoms with Crippen molar-refractivity contribution in [3.05, 3.63) is 35.9 Å². The number of rotatable bonds is 16. The molecule has 38 heavy (non-hydrogen) atoms. The van der Waals surface area contributed by atoms with E-state index in [2.05, 4.69) is 10.6 Å². The molecule has 1 aliphatic heterocycles. The number of aliphatic hydroxyl groups excluding tert-OH is 1. The van der Waals surface area contributed by atoms with Gasteiger partial charge < -0.3 is 26.3 Å². The topological polar surface area (TPSA) is 168 Å². The number of nitrogens with two attached hydrogens (primary N) is 1. The van der Waals surface area contributed by atoms with Crippen molar-refractivity contribution >= 4 is 29.6 Å². The molecule has 2 rings (SSSR count). The van der Waals surface area contributed by atoms with Crippen molar-refractivity contribution in [3.8, 4) is 0 Å². The Labute approximate surface area is 223 Å². The zero-order valence-corrected chi connectivity index (χ0v) is 22.2. The number of amides is 4. The third-order valence-electron chi connectivity index (χ3n) is 6.21. The summed E-state index contributed by atoms with van der Waals surface area (Å²) in [5, 5.41) is 16.4. The number of imide groups is 1. The Bertz CT molecular complexity index is 938. The van der Waals surface area contributed by atoms with E-state index in [1.54, 1.807) is 0 Å². The molecular weight excluding hydrogens is 492 g/mol. The van der Waals surface area contributed by atoms with Gasteiger partial charge in [0.05, 0.1) is 0 Å². The summed E-state index contributed by atoms with van der Waals surface area (Å²) < 4.78 is 0. The largest absolute Gasteiger partial charge is 0.382 e. The summed E-state index contributed by atoms with van der Waals surface area (Å²) >= 11 is 0. The molecule has 1 aliphatic rings. The van der Waals surface area contributed by atoms with Crippen LogP contribution in [-0.2, 0) is 35.2 Å². The van der Waals surface area contributed by atoms with E-state index in [0.29, 0.717) is 56.1 Å². The first-order valence-corrected chi connectivity index (χ1v) is 13.2. The molecule has 5 N–H and O–H groups in total. The Morgan fingerprint density at radius 2 is 1.66 bits per heavy atom. The summed E-state index contributed by atoms with van der Waals surface area (Å²) in [6.07, 6.45) is 1.75. The van der Waals surface area contributed by atoms with Crippen molar-refractivity contribution in [3.63, 3.8) is 0 Å². The summed E-state index contributed by atoms with van der Waals surface area (Å²) in [7, 11) is 0. The van der Waals surface area contributed by atoms with Gasteiger partial charge in [0.25, 0.3) is 17.7 Å². The van der Waals surface area contributed by atoms with E-state index in [1.807, 2.05) is 44.2 Å². The van der Waals surface area contributed by atoms with Crippen LogP contribution >= 0.6 is 0 Å². The number of hydrogen-bond acceptors (Lipinski definition) is 8. The molecular formula is C27H40N4O7. The van der Waals surface area contributed by atoms with Crippen molar-refractivity contribution in [2.24, 2.45) is 11.7 Å². The minimum atomic E-state index is -1.46. The van der Waals surface area contributed by atoms with Gasteiger partial charge >= 0.3 is 5.97 Å². The SMILES string of the molecule is CC(C)CC[C@H](NC(=O)C(O)C(N)Cc1ccccc1)C(=O)NCCCCCC(=O)ON1C(=O)CCC1=O. The van der Waals surface area contributed by atoms with Crippen LogP contribution in [0.15, 0.2) is 30.3 Å². The highest BCUT2D eigenvalue weighted by molar-refractivity contribution is 6.01. The minimum absolute atomic E-state index is 0.0409. The molecule has 3 atom stereocenters. The van der Waals surface area contributed by atoms with Crippen LogP contribution in [0.4, 0.5) is 0 Å².